The van der Waals surface area contributed by atoms with Crippen molar-refractivity contribution in [3.8, 4) is 11.4 Å². The third kappa shape index (κ3) is 2.43. The Bertz CT molecular complexity index is 605. The molecule has 0 saturated carbocycles. The fraction of sp³-hybridized carbons (Fsp3) is 0.231. The van der Waals surface area contributed by atoms with Gasteiger partial charge in [-0.25, -0.2) is 4.68 Å². The summed E-state index contributed by atoms with van der Waals surface area (Å²) in [7, 11) is 1.53. The van der Waals surface area contributed by atoms with Crippen LogP contribution in [0.4, 0.5) is 0 Å². The summed E-state index contributed by atoms with van der Waals surface area (Å²) in [6, 6.07) is 5.32. The molecule has 100 valence electrons. The largest absolute Gasteiger partial charge is 0.496 e. The van der Waals surface area contributed by atoms with E-state index in [2.05, 4.69) is 5.10 Å². The minimum Gasteiger partial charge on any atom is -0.496 e. The van der Waals surface area contributed by atoms with Crippen LogP contribution in [0.15, 0.2) is 30.6 Å². The molecule has 6 heteroatoms. The summed E-state index contributed by atoms with van der Waals surface area (Å²) >= 11 is 0. The fourth-order valence-corrected chi connectivity index (χ4v) is 1.91. The number of aromatic nitrogens is 2. The number of amides is 1. The molecule has 2 aromatic rings. The van der Waals surface area contributed by atoms with Crippen LogP contribution in [0, 0.1) is 0 Å². The predicted molar refractivity (Wildman–Crippen MR) is 69.3 cm³/mol. The van der Waals surface area contributed by atoms with E-state index in [1.165, 1.54) is 24.2 Å². The van der Waals surface area contributed by atoms with Crippen molar-refractivity contribution in [2.45, 2.75) is 13.0 Å². The maximum atomic E-state index is 11.1. The Morgan fingerprint density at radius 2 is 2.26 bits per heavy atom. The van der Waals surface area contributed by atoms with E-state index in [4.69, 9.17) is 10.5 Å². The van der Waals surface area contributed by atoms with Gasteiger partial charge < -0.3 is 15.6 Å². The van der Waals surface area contributed by atoms with E-state index in [1.54, 1.807) is 25.1 Å². The molecule has 0 aliphatic heterocycles. The smallest absolute Gasteiger partial charge is 0.251 e. The Hall–Kier alpha value is -2.34. The molecule has 3 N–H and O–H groups in total. The highest BCUT2D eigenvalue weighted by atomic mass is 16.5. The number of aliphatic hydroxyl groups excluding tert-OH is 1. The van der Waals surface area contributed by atoms with Crippen molar-refractivity contribution in [1.29, 1.82) is 0 Å². The number of nitrogens with zero attached hydrogens (tertiary/aromatic N) is 2. The second kappa shape index (κ2) is 5.11. The lowest BCUT2D eigenvalue weighted by atomic mass is 10.1. The monoisotopic (exact) mass is 261 g/mol. The van der Waals surface area contributed by atoms with Crippen molar-refractivity contribution in [2.24, 2.45) is 5.73 Å². The Morgan fingerprint density at radius 3 is 2.79 bits per heavy atom. The number of nitrogens with two attached hydrogens (primary N) is 1. The molecule has 1 atom stereocenters. The molecular weight excluding hydrogens is 246 g/mol. The molecule has 1 unspecified atom stereocenters. The maximum absolute atomic E-state index is 11.1. The Labute approximate surface area is 110 Å². The third-order valence-electron chi connectivity index (χ3n) is 2.79. The van der Waals surface area contributed by atoms with Gasteiger partial charge in [0.15, 0.2) is 0 Å². The van der Waals surface area contributed by atoms with E-state index in [0.717, 1.165) is 0 Å². The summed E-state index contributed by atoms with van der Waals surface area (Å²) in [6.45, 7) is 1.64. The summed E-state index contributed by atoms with van der Waals surface area (Å²) in [6.07, 6.45) is 2.17. The maximum Gasteiger partial charge on any atom is 0.251 e. The zero-order valence-corrected chi connectivity index (χ0v) is 10.7. The van der Waals surface area contributed by atoms with Gasteiger partial charge in [-0.15, -0.1) is 0 Å². The lowest BCUT2D eigenvalue weighted by Crippen LogP contribution is -2.10. The number of rotatable bonds is 4. The number of carbonyl (C=O) groups is 1. The van der Waals surface area contributed by atoms with E-state index < -0.39 is 12.0 Å². The molecule has 19 heavy (non-hydrogen) atoms. The van der Waals surface area contributed by atoms with Crippen LogP contribution in [-0.4, -0.2) is 27.9 Å². The summed E-state index contributed by atoms with van der Waals surface area (Å²) in [5.74, 6) is 0.0105. The highest BCUT2D eigenvalue weighted by Gasteiger charge is 2.16. The minimum atomic E-state index is -0.729. The first-order chi connectivity index (χ1) is 9.04. The van der Waals surface area contributed by atoms with Crippen LogP contribution in [0.3, 0.4) is 0 Å². The van der Waals surface area contributed by atoms with Crippen molar-refractivity contribution < 1.29 is 14.6 Å². The zero-order valence-electron chi connectivity index (χ0n) is 10.7. The number of ether oxygens (including phenoxy) is 1. The Kier molecular flexibility index (Phi) is 3.52. The summed E-state index contributed by atoms with van der Waals surface area (Å²) in [5, 5.41) is 14.0. The van der Waals surface area contributed by atoms with E-state index in [0.29, 0.717) is 22.6 Å². The molecule has 6 nitrogen and oxygen atoms in total. The van der Waals surface area contributed by atoms with E-state index in [1.807, 2.05) is 0 Å². The van der Waals surface area contributed by atoms with Crippen molar-refractivity contribution in [1.82, 2.24) is 9.78 Å². The molecule has 0 aliphatic carbocycles. The quantitative estimate of drug-likeness (QED) is 0.860. The number of hydrogen-bond donors (Lipinski definition) is 2. The van der Waals surface area contributed by atoms with Crippen LogP contribution in [0.25, 0.3) is 5.69 Å². The summed E-state index contributed by atoms with van der Waals surface area (Å²) in [4.78, 5) is 11.1. The molecule has 0 radical (unpaired) electrons. The Morgan fingerprint density at radius 1 is 1.53 bits per heavy atom. The standard InChI is InChI=1S/C13H15N3O3/c1-8(17)12-10(4-3-5-11(12)19-2)16-7-9(6-15-16)13(14)18/h3-8,17H,1-2H3,(H2,14,18). The number of methoxy groups -OCH3 is 1. The molecular formula is C13H15N3O3. The molecule has 1 aromatic heterocycles. The minimum absolute atomic E-state index is 0.305. The highest BCUT2D eigenvalue weighted by Crippen LogP contribution is 2.30. The molecule has 1 aromatic carbocycles. The number of primary amides is 1. The number of hydrogen-bond acceptors (Lipinski definition) is 4. The zero-order chi connectivity index (χ0) is 14.0. The first-order valence-electron chi connectivity index (χ1n) is 5.74. The van der Waals surface area contributed by atoms with Gasteiger partial charge in [0.1, 0.15) is 5.75 Å². The third-order valence-corrected chi connectivity index (χ3v) is 2.79. The molecule has 0 fully saturated rings. The van der Waals surface area contributed by atoms with Gasteiger partial charge in [0, 0.05) is 11.8 Å². The molecule has 0 saturated heterocycles. The van der Waals surface area contributed by atoms with Crippen LogP contribution in [0.1, 0.15) is 28.9 Å². The first-order valence-corrected chi connectivity index (χ1v) is 5.74. The van der Waals surface area contributed by atoms with Gasteiger partial charge in [-0.3, -0.25) is 4.79 Å². The molecule has 2 rings (SSSR count). The van der Waals surface area contributed by atoms with Gasteiger partial charge in [0.05, 0.1) is 30.7 Å². The highest BCUT2D eigenvalue weighted by molar-refractivity contribution is 5.92. The lowest BCUT2D eigenvalue weighted by Gasteiger charge is -2.15. The van der Waals surface area contributed by atoms with Crippen molar-refractivity contribution in [3.05, 3.63) is 41.7 Å². The topological polar surface area (TPSA) is 90.4 Å². The van der Waals surface area contributed by atoms with Gasteiger partial charge in [-0.2, -0.15) is 5.10 Å². The summed E-state index contributed by atoms with van der Waals surface area (Å²) < 4.78 is 6.72. The van der Waals surface area contributed by atoms with Crippen molar-refractivity contribution in [3.63, 3.8) is 0 Å². The molecule has 1 amide bonds. The normalized spacial score (nSPS) is 12.2. The Balaban J connectivity index is 2.57. The SMILES string of the molecule is COc1cccc(-n2cc(C(N)=O)cn2)c1C(C)O. The predicted octanol–water partition coefficient (Wildman–Crippen LogP) is 1.03. The van der Waals surface area contributed by atoms with Gasteiger partial charge in [-0.1, -0.05) is 6.07 Å². The molecule has 0 bridgehead atoms. The molecule has 0 aliphatic rings. The van der Waals surface area contributed by atoms with Gasteiger partial charge >= 0.3 is 0 Å². The van der Waals surface area contributed by atoms with Crippen molar-refractivity contribution >= 4 is 5.91 Å². The molecule has 1 heterocycles. The first kappa shape index (κ1) is 13.1. The molecule has 0 spiro atoms. The lowest BCUT2D eigenvalue weighted by molar-refractivity contribution is 0.100. The average molecular weight is 261 g/mol. The van der Waals surface area contributed by atoms with E-state index in [-0.39, 0.29) is 0 Å². The van der Waals surface area contributed by atoms with Crippen molar-refractivity contribution in [2.75, 3.05) is 7.11 Å². The number of carbonyl (C=O) groups excluding carboxylic acids is 1. The van der Waals surface area contributed by atoms with Crippen LogP contribution in [0.2, 0.25) is 0 Å². The van der Waals surface area contributed by atoms with E-state index in [9.17, 15) is 9.90 Å². The van der Waals surface area contributed by atoms with E-state index >= 15 is 0 Å². The van der Waals surface area contributed by atoms with Crippen LogP contribution < -0.4 is 10.5 Å². The van der Waals surface area contributed by atoms with Gasteiger partial charge in [0.25, 0.3) is 5.91 Å². The second-order valence-corrected chi connectivity index (χ2v) is 4.11. The summed E-state index contributed by atoms with van der Waals surface area (Å²) in [5.41, 5.74) is 6.74. The van der Waals surface area contributed by atoms with Gasteiger partial charge in [0.2, 0.25) is 0 Å². The number of benzene rings is 1. The average Bonchev–Trinajstić information content (AvgIpc) is 2.87. The second-order valence-electron chi connectivity index (χ2n) is 4.11. The fourth-order valence-electron chi connectivity index (χ4n) is 1.91. The van der Waals surface area contributed by atoms with Crippen LogP contribution in [-0.2, 0) is 0 Å². The van der Waals surface area contributed by atoms with Crippen LogP contribution in [0.5, 0.6) is 5.75 Å². The van der Waals surface area contributed by atoms with Crippen LogP contribution >= 0.6 is 0 Å². The van der Waals surface area contributed by atoms with Gasteiger partial charge in [-0.05, 0) is 19.1 Å². The number of aliphatic hydroxyl groups is 1.